The van der Waals surface area contributed by atoms with Gasteiger partial charge in [0.25, 0.3) is 0 Å². The van der Waals surface area contributed by atoms with E-state index in [1.807, 2.05) is 11.0 Å². The molecule has 2 aliphatic rings. The molecule has 0 atom stereocenters. The fourth-order valence-electron chi connectivity index (χ4n) is 2.87. The lowest BCUT2D eigenvalue weighted by atomic mass is 10.3. The summed E-state index contributed by atoms with van der Waals surface area (Å²) in [7, 11) is 0. The Balaban J connectivity index is 1.40. The molecule has 0 aromatic carbocycles. The highest BCUT2D eigenvalue weighted by Crippen LogP contribution is 2.23. The molecule has 0 saturated carbocycles. The number of ether oxygens (including phenoxy) is 1. The average molecular weight is 344 g/mol. The minimum Gasteiger partial charge on any atom is -0.378 e. The Morgan fingerprint density at radius 3 is 2.41 bits per heavy atom. The second kappa shape index (κ2) is 7.75. The van der Waals surface area contributed by atoms with Crippen LogP contribution in [0.3, 0.4) is 0 Å². The van der Waals surface area contributed by atoms with Crippen molar-refractivity contribution in [3.63, 3.8) is 0 Å². The maximum atomic E-state index is 12.2. The third kappa shape index (κ3) is 4.43. The number of thiophene rings is 1. The summed E-state index contributed by atoms with van der Waals surface area (Å²) in [6, 6.07) is 4.06. The Bertz CT molecular complexity index is 497. The molecule has 5 nitrogen and oxygen atoms in total. The standard InChI is InChI=1S/C15H22ClN3O2S/c16-14-2-1-13(22-14)11-17-3-5-18(6-4-17)12-15(20)19-7-9-21-10-8-19/h1-2H,3-12H2. The molecule has 0 N–H and O–H groups in total. The molecular formula is C15H22ClN3O2S. The fourth-order valence-corrected chi connectivity index (χ4v) is 4.00. The van der Waals surface area contributed by atoms with Crippen molar-refractivity contribution < 1.29 is 9.53 Å². The number of hydrogen-bond donors (Lipinski definition) is 0. The Morgan fingerprint density at radius 1 is 1.09 bits per heavy atom. The van der Waals surface area contributed by atoms with Crippen LogP contribution >= 0.6 is 22.9 Å². The SMILES string of the molecule is O=C(CN1CCN(Cc2ccc(Cl)s2)CC1)N1CCOCC1. The average Bonchev–Trinajstić information content (AvgIpc) is 2.95. The van der Waals surface area contributed by atoms with Crippen molar-refractivity contribution in [3.8, 4) is 0 Å². The first-order valence-corrected chi connectivity index (χ1v) is 8.94. The van der Waals surface area contributed by atoms with Gasteiger partial charge < -0.3 is 9.64 Å². The van der Waals surface area contributed by atoms with E-state index < -0.39 is 0 Å². The number of rotatable bonds is 4. The number of carbonyl (C=O) groups excluding carboxylic acids is 1. The van der Waals surface area contributed by atoms with E-state index >= 15 is 0 Å². The van der Waals surface area contributed by atoms with Gasteiger partial charge in [0.1, 0.15) is 0 Å². The molecule has 0 unspecified atom stereocenters. The van der Waals surface area contributed by atoms with E-state index in [2.05, 4.69) is 15.9 Å². The van der Waals surface area contributed by atoms with Gasteiger partial charge in [0.05, 0.1) is 24.1 Å². The summed E-state index contributed by atoms with van der Waals surface area (Å²) in [5.74, 6) is 0.238. The van der Waals surface area contributed by atoms with E-state index in [1.165, 1.54) is 4.88 Å². The normalized spacial score (nSPS) is 21.2. The quantitative estimate of drug-likeness (QED) is 0.827. The lowest BCUT2D eigenvalue weighted by Gasteiger charge is -2.35. The van der Waals surface area contributed by atoms with Gasteiger partial charge in [-0.3, -0.25) is 14.6 Å². The van der Waals surface area contributed by atoms with Crippen molar-refractivity contribution in [3.05, 3.63) is 21.3 Å². The topological polar surface area (TPSA) is 36.0 Å². The van der Waals surface area contributed by atoms with E-state index in [-0.39, 0.29) is 5.91 Å². The maximum Gasteiger partial charge on any atom is 0.236 e. The van der Waals surface area contributed by atoms with Gasteiger partial charge in [-0.15, -0.1) is 11.3 Å². The molecule has 22 heavy (non-hydrogen) atoms. The second-order valence-electron chi connectivity index (χ2n) is 5.75. The van der Waals surface area contributed by atoms with Crippen molar-refractivity contribution in [2.45, 2.75) is 6.54 Å². The van der Waals surface area contributed by atoms with Gasteiger partial charge in [-0.05, 0) is 12.1 Å². The minimum atomic E-state index is 0.238. The van der Waals surface area contributed by atoms with E-state index in [9.17, 15) is 4.79 Å². The van der Waals surface area contributed by atoms with Crippen LogP contribution in [-0.2, 0) is 16.1 Å². The summed E-state index contributed by atoms with van der Waals surface area (Å²) in [6.45, 7) is 8.23. The first-order valence-electron chi connectivity index (χ1n) is 7.75. The maximum absolute atomic E-state index is 12.2. The molecule has 7 heteroatoms. The van der Waals surface area contributed by atoms with E-state index in [1.54, 1.807) is 11.3 Å². The highest BCUT2D eigenvalue weighted by atomic mass is 35.5. The largest absolute Gasteiger partial charge is 0.378 e. The van der Waals surface area contributed by atoms with Crippen molar-refractivity contribution in [1.82, 2.24) is 14.7 Å². The Labute approximate surface area is 140 Å². The zero-order valence-electron chi connectivity index (χ0n) is 12.7. The molecular weight excluding hydrogens is 322 g/mol. The monoisotopic (exact) mass is 343 g/mol. The highest BCUT2D eigenvalue weighted by Gasteiger charge is 2.23. The second-order valence-corrected chi connectivity index (χ2v) is 7.55. The highest BCUT2D eigenvalue weighted by molar-refractivity contribution is 7.16. The molecule has 0 aliphatic carbocycles. The molecule has 3 rings (SSSR count). The molecule has 3 heterocycles. The molecule has 0 radical (unpaired) electrons. The summed E-state index contributed by atoms with van der Waals surface area (Å²) >= 11 is 7.62. The van der Waals surface area contributed by atoms with E-state index in [0.717, 1.165) is 50.1 Å². The van der Waals surface area contributed by atoms with Gasteiger partial charge in [-0.2, -0.15) is 0 Å². The molecule has 1 aromatic rings. The zero-order valence-corrected chi connectivity index (χ0v) is 14.2. The molecule has 0 bridgehead atoms. The van der Waals surface area contributed by atoms with Gasteiger partial charge in [0, 0.05) is 50.7 Å². The molecule has 1 aromatic heterocycles. The van der Waals surface area contributed by atoms with Crippen LogP contribution in [0.15, 0.2) is 12.1 Å². The van der Waals surface area contributed by atoms with Crippen LogP contribution in [0.1, 0.15) is 4.88 Å². The Kier molecular flexibility index (Phi) is 5.71. The summed E-state index contributed by atoms with van der Waals surface area (Å²) in [6.07, 6.45) is 0. The smallest absolute Gasteiger partial charge is 0.236 e. The van der Waals surface area contributed by atoms with E-state index in [4.69, 9.17) is 16.3 Å². The number of hydrogen-bond acceptors (Lipinski definition) is 5. The number of piperazine rings is 1. The van der Waals surface area contributed by atoms with Crippen LogP contribution in [0.4, 0.5) is 0 Å². The first kappa shape index (κ1) is 16.2. The van der Waals surface area contributed by atoms with Gasteiger partial charge in [0.15, 0.2) is 0 Å². The molecule has 122 valence electrons. The number of halogens is 1. The van der Waals surface area contributed by atoms with Crippen LogP contribution in [-0.4, -0.2) is 79.6 Å². The predicted octanol–water partition coefficient (Wildman–Crippen LogP) is 1.38. The lowest BCUT2D eigenvalue weighted by Crippen LogP contribution is -2.51. The number of amides is 1. The summed E-state index contributed by atoms with van der Waals surface area (Å²) < 4.78 is 6.14. The van der Waals surface area contributed by atoms with Crippen molar-refractivity contribution in [2.75, 3.05) is 59.0 Å². The van der Waals surface area contributed by atoms with Crippen molar-refractivity contribution >= 4 is 28.8 Å². The van der Waals surface area contributed by atoms with Crippen molar-refractivity contribution in [2.24, 2.45) is 0 Å². The van der Waals surface area contributed by atoms with Gasteiger partial charge in [-0.25, -0.2) is 0 Å². The van der Waals surface area contributed by atoms with Crippen molar-refractivity contribution in [1.29, 1.82) is 0 Å². The third-order valence-electron chi connectivity index (χ3n) is 4.20. The number of morpholine rings is 1. The van der Waals surface area contributed by atoms with Crippen LogP contribution in [0, 0.1) is 0 Å². The predicted molar refractivity (Wildman–Crippen MR) is 88.4 cm³/mol. The van der Waals surface area contributed by atoms with Gasteiger partial charge in [-0.1, -0.05) is 11.6 Å². The zero-order chi connectivity index (χ0) is 15.4. The Hall–Kier alpha value is -0.660. The number of nitrogens with zero attached hydrogens (tertiary/aromatic N) is 3. The molecule has 2 aliphatic heterocycles. The fraction of sp³-hybridized carbons (Fsp3) is 0.667. The number of carbonyl (C=O) groups is 1. The van der Waals surface area contributed by atoms with Crippen LogP contribution < -0.4 is 0 Å². The van der Waals surface area contributed by atoms with Crippen LogP contribution in [0.2, 0.25) is 4.34 Å². The first-order chi connectivity index (χ1) is 10.7. The van der Waals surface area contributed by atoms with E-state index in [0.29, 0.717) is 19.8 Å². The van der Waals surface area contributed by atoms with Crippen LogP contribution in [0.5, 0.6) is 0 Å². The third-order valence-corrected chi connectivity index (χ3v) is 5.41. The Morgan fingerprint density at radius 2 is 1.77 bits per heavy atom. The van der Waals surface area contributed by atoms with Crippen LogP contribution in [0.25, 0.3) is 0 Å². The molecule has 2 fully saturated rings. The molecule has 2 saturated heterocycles. The molecule has 1 amide bonds. The van der Waals surface area contributed by atoms with Gasteiger partial charge >= 0.3 is 0 Å². The summed E-state index contributed by atoms with van der Waals surface area (Å²) in [5, 5.41) is 0. The summed E-state index contributed by atoms with van der Waals surface area (Å²) in [5.41, 5.74) is 0. The summed E-state index contributed by atoms with van der Waals surface area (Å²) in [4.78, 5) is 20.2. The lowest BCUT2D eigenvalue weighted by molar-refractivity contribution is -0.136. The van der Waals surface area contributed by atoms with Gasteiger partial charge in [0.2, 0.25) is 5.91 Å². The minimum absolute atomic E-state index is 0.238. The molecule has 0 spiro atoms.